The Kier molecular flexibility index (Phi) is 5.78. The zero-order chi connectivity index (χ0) is 21.7. The van der Waals surface area contributed by atoms with E-state index in [2.05, 4.69) is 22.0 Å². The predicted octanol–water partition coefficient (Wildman–Crippen LogP) is 4.11. The minimum absolute atomic E-state index is 0.0511. The third kappa shape index (κ3) is 4.32. The first-order chi connectivity index (χ1) is 15.1. The molecule has 1 saturated heterocycles. The molecule has 0 radical (unpaired) electrons. The Morgan fingerprint density at radius 3 is 2.42 bits per heavy atom. The number of hydrogen-bond acceptors (Lipinski definition) is 4. The molecule has 5 nitrogen and oxygen atoms in total. The number of aromatic nitrogens is 2. The van der Waals surface area contributed by atoms with Gasteiger partial charge >= 0.3 is 0 Å². The number of terminal acetylenes is 1. The van der Waals surface area contributed by atoms with Crippen LogP contribution in [-0.4, -0.2) is 33.9 Å². The molecule has 3 aromatic rings. The Morgan fingerprint density at radius 1 is 1.06 bits per heavy atom. The number of nitriles is 1. The zero-order valence-electron chi connectivity index (χ0n) is 17.2. The number of benzene rings is 1. The summed E-state index contributed by atoms with van der Waals surface area (Å²) in [5.41, 5.74) is 3.53. The number of amides is 1. The van der Waals surface area contributed by atoms with Crippen molar-refractivity contribution in [1.29, 1.82) is 5.26 Å². The van der Waals surface area contributed by atoms with Crippen LogP contribution in [0.1, 0.15) is 34.3 Å². The highest BCUT2D eigenvalue weighted by molar-refractivity contribution is 5.99. The van der Waals surface area contributed by atoms with Gasteiger partial charge in [-0.3, -0.25) is 14.8 Å². The molecule has 1 fully saturated rings. The van der Waals surface area contributed by atoms with Crippen molar-refractivity contribution >= 4 is 5.91 Å². The van der Waals surface area contributed by atoms with Crippen molar-refractivity contribution in [3.8, 4) is 29.7 Å². The van der Waals surface area contributed by atoms with Gasteiger partial charge in [-0.15, -0.1) is 6.42 Å². The van der Waals surface area contributed by atoms with Gasteiger partial charge < -0.3 is 4.90 Å². The van der Waals surface area contributed by atoms with E-state index in [1.54, 1.807) is 24.7 Å². The van der Waals surface area contributed by atoms with Crippen LogP contribution >= 0.6 is 0 Å². The maximum Gasteiger partial charge on any atom is 0.256 e. The molecule has 1 aromatic carbocycles. The number of carbonyl (C=O) groups excluding carboxylic acids is 1. The van der Waals surface area contributed by atoms with E-state index in [9.17, 15) is 10.1 Å². The van der Waals surface area contributed by atoms with E-state index in [1.807, 2.05) is 47.4 Å². The van der Waals surface area contributed by atoms with Crippen molar-refractivity contribution in [1.82, 2.24) is 14.9 Å². The van der Waals surface area contributed by atoms with Crippen LogP contribution in [0.3, 0.4) is 0 Å². The van der Waals surface area contributed by atoms with E-state index in [0.29, 0.717) is 43.6 Å². The second-order valence-electron chi connectivity index (χ2n) is 7.84. The molecule has 0 atom stereocenters. The largest absolute Gasteiger partial charge is 0.338 e. The average molecular weight is 406 g/mol. The second kappa shape index (κ2) is 8.81. The Hall–Kier alpha value is -3.96. The quantitative estimate of drug-likeness (QED) is 0.612. The van der Waals surface area contributed by atoms with E-state index in [4.69, 9.17) is 6.42 Å². The van der Waals surface area contributed by atoms with Gasteiger partial charge in [0.15, 0.2) is 0 Å². The van der Waals surface area contributed by atoms with E-state index in [1.165, 1.54) is 0 Å². The molecule has 152 valence electrons. The monoisotopic (exact) mass is 406 g/mol. The fourth-order valence-electron chi connectivity index (χ4n) is 4.06. The van der Waals surface area contributed by atoms with Crippen molar-refractivity contribution in [3.63, 3.8) is 0 Å². The fraction of sp³-hybridized carbons (Fsp3) is 0.231. The van der Waals surface area contributed by atoms with Crippen LogP contribution in [0.25, 0.3) is 11.3 Å². The summed E-state index contributed by atoms with van der Waals surface area (Å²) >= 11 is 0. The first-order valence-corrected chi connectivity index (χ1v) is 10.3. The molecule has 1 amide bonds. The van der Waals surface area contributed by atoms with Crippen molar-refractivity contribution < 1.29 is 4.79 Å². The smallest absolute Gasteiger partial charge is 0.256 e. The summed E-state index contributed by atoms with van der Waals surface area (Å²) in [7, 11) is 0. The van der Waals surface area contributed by atoms with E-state index < -0.39 is 5.41 Å². The third-order valence-electron chi connectivity index (χ3n) is 5.90. The van der Waals surface area contributed by atoms with E-state index in [-0.39, 0.29) is 5.91 Å². The topological polar surface area (TPSA) is 69.9 Å². The van der Waals surface area contributed by atoms with Crippen molar-refractivity contribution in [2.24, 2.45) is 5.41 Å². The van der Waals surface area contributed by atoms with Crippen LogP contribution in [0.5, 0.6) is 0 Å². The summed E-state index contributed by atoms with van der Waals surface area (Å²) in [6, 6.07) is 17.6. The van der Waals surface area contributed by atoms with Gasteiger partial charge in [-0.1, -0.05) is 18.1 Å². The van der Waals surface area contributed by atoms with Gasteiger partial charge in [0.2, 0.25) is 0 Å². The molecule has 31 heavy (non-hydrogen) atoms. The summed E-state index contributed by atoms with van der Waals surface area (Å²) in [5, 5.41) is 9.94. The normalized spacial score (nSPS) is 15.0. The first kappa shape index (κ1) is 20.3. The number of pyridine rings is 2. The summed E-state index contributed by atoms with van der Waals surface area (Å²) in [4.78, 5) is 23.6. The minimum Gasteiger partial charge on any atom is -0.338 e. The van der Waals surface area contributed by atoms with Crippen molar-refractivity contribution in [2.45, 2.75) is 19.3 Å². The van der Waals surface area contributed by atoms with Crippen LogP contribution < -0.4 is 0 Å². The lowest BCUT2D eigenvalue weighted by molar-refractivity contribution is 0.0647. The van der Waals surface area contributed by atoms with Gasteiger partial charge in [-0.2, -0.15) is 5.26 Å². The Balaban J connectivity index is 1.49. The molecule has 5 heteroatoms. The lowest BCUT2D eigenvalue weighted by Crippen LogP contribution is -2.43. The lowest BCUT2D eigenvalue weighted by Gasteiger charge is -2.37. The van der Waals surface area contributed by atoms with Crippen LogP contribution in [0.4, 0.5) is 0 Å². The van der Waals surface area contributed by atoms with Crippen molar-refractivity contribution in [2.75, 3.05) is 13.1 Å². The summed E-state index contributed by atoms with van der Waals surface area (Å²) in [5.74, 6) is 2.56. The lowest BCUT2D eigenvalue weighted by atomic mass is 9.75. The number of hydrogen-bond donors (Lipinski definition) is 0. The number of likely N-dealkylation sites (tertiary alicyclic amines) is 1. The minimum atomic E-state index is -0.475. The maximum absolute atomic E-state index is 13.3. The van der Waals surface area contributed by atoms with Crippen LogP contribution in [-0.2, 0) is 6.42 Å². The number of piperidine rings is 1. The van der Waals surface area contributed by atoms with Gasteiger partial charge in [-0.25, -0.2) is 0 Å². The standard InChI is InChI=1S/C26H22N4O/c1-2-20-5-7-21(8-6-20)18-26(19-27)11-16-30(17-12-26)25(31)23-4-3-13-29-24(23)22-9-14-28-15-10-22/h1,3-10,13-15H,11-12,16-18H2. The van der Waals surface area contributed by atoms with Crippen LogP contribution in [0.15, 0.2) is 67.1 Å². The van der Waals surface area contributed by atoms with Crippen LogP contribution in [0.2, 0.25) is 0 Å². The van der Waals surface area contributed by atoms with E-state index in [0.717, 1.165) is 16.7 Å². The second-order valence-corrected chi connectivity index (χ2v) is 7.84. The maximum atomic E-state index is 13.3. The Morgan fingerprint density at radius 2 is 1.77 bits per heavy atom. The van der Waals surface area contributed by atoms with Gasteiger partial charge in [-0.05, 0) is 61.2 Å². The first-order valence-electron chi connectivity index (χ1n) is 10.3. The Labute approximate surface area is 182 Å². The molecule has 1 aliphatic heterocycles. The number of nitrogens with zero attached hydrogens (tertiary/aromatic N) is 4. The molecule has 0 N–H and O–H groups in total. The zero-order valence-corrected chi connectivity index (χ0v) is 17.2. The molecule has 0 bridgehead atoms. The summed E-state index contributed by atoms with van der Waals surface area (Å²) < 4.78 is 0. The summed E-state index contributed by atoms with van der Waals surface area (Å²) in [6.07, 6.45) is 12.4. The van der Waals surface area contributed by atoms with Gasteiger partial charge in [0.05, 0.1) is 22.7 Å². The highest BCUT2D eigenvalue weighted by Gasteiger charge is 2.37. The predicted molar refractivity (Wildman–Crippen MR) is 119 cm³/mol. The molecular formula is C26H22N4O. The van der Waals surface area contributed by atoms with Gasteiger partial charge in [0.25, 0.3) is 5.91 Å². The molecule has 2 aromatic heterocycles. The molecular weight excluding hydrogens is 384 g/mol. The van der Waals surface area contributed by atoms with E-state index >= 15 is 0 Å². The number of rotatable bonds is 4. The highest BCUT2D eigenvalue weighted by atomic mass is 16.2. The molecule has 3 heterocycles. The van der Waals surface area contributed by atoms with Crippen molar-refractivity contribution in [3.05, 3.63) is 83.8 Å². The Bertz CT molecular complexity index is 1150. The third-order valence-corrected chi connectivity index (χ3v) is 5.90. The average Bonchev–Trinajstić information content (AvgIpc) is 2.85. The SMILES string of the molecule is C#Cc1ccc(CC2(C#N)CCN(C(=O)c3cccnc3-c3ccncc3)CC2)cc1. The van der Waals surface area contributed by atoms with Gasteiger partial charge in [0.1, 0.15) is 0 Å². The molecule has 4 rings (SSSR count). The number of carbonyl (C=O) groups is 1. The molecule has 0 saturated carbocycles. The highest BCUT2D eigenvalue weighted by Crippen LogP contribution is 2.35. The van der Waals surface area contributed by atoms with Crippen LogP contribution in [0, 0.1) is 29.1 Å². The molecule has 0 unspecified atom stereocenters. The fourth-order valence-corrected chi connectivity index (χ4v) is 4.06. The molecule has 1 aliphatic rings. The molecule has 0 spiro atoms. The summed E-state index contributed by atoms with van der Waals surface area (Å²) in [6.45, 7) is 1.08. The molecule has 0 aliphatic carbocycles. The van der Waals surface area contributed by atoms with Gasteiger partial charge in [0, 0.05) is 42.8 Å².